The van der Waals surface area contributed by atoms with Crippen LogP contribution in [-0.4, -0.2) is 7.05 Å². The third kappa shape index (κ3) is 2.74. The summed E-state index contributed by atoms with van der Waals surface area (Å²) in [5, 5.41) is 4.53. The fraction of sp³-hybridized carbons (Fsp3) is 0.273. The van der Waals surface area contributed by atoms with Gasteiger partial charge in [0.25, 0.3) is 0 Å². The minimum atomic E-state index is 0.206. The van der Waals surface area contributed by atoms with Gasteiger partial charge in [-0.3, -0.25) is 0 Å². The predicted octanol–water partition coefficient (Wildman–Crippen LogP) is 3.83. The molecule has 76 valence electrons. The van der Waals surface area contributed by atoms with E-state index in [-0.39, 0.29) is 6.04 Å². The molecule has 0 radical (unpaired) electrons. The quantitative estimate of drug-likeness (QED) is 0.775. The Morgan fingerprint density at radius 1 is 1.50 bits per heavy atom. The van der Waals surface area contributed by atoms with Crippen LogP contribution in [0.15, 0.2) is 30.9 Å². The Morgan fingerprint density at radius 2 is 2.21 bits per heavy atom. The lowest BCUT2D eigenvalue weighted by molar-refractivity contribution is 0.604. The van der Waals surface area contributed by atoms with Crippen molar-refractivity contribution in [2.24, 2.45) is 0 Å². The molecule has 0 saturated heterocycles. The van der Waals surface area contributed by atoms with Crippen LogP contribution in [0.3, 0.4) is 0 Å². The zero-order chi connectivity index (χ0) is 10.6. The molecule has 0 aliphatic rings. The van der Waals surface area contributed by atoms with E-state index in [0.717, 1.165) is 12.0 Å². The van der Waals surface area contributed by atoms with Crippen molar-refractivity contribution in [3.05, 3.63) is 46.5 Å². The van der Waals surface area contributed by atoms with Crippen LogP contribution in [0.1, 0.15) is 18.0 Å². The van der Waals surface area contributed by atoms with Gasteiger partial charge in [0.15, 0.2) is 0 Å². The van der Waals surface area contributed by atoms with Gasteiger partial charge in [0, 0.05) is 16.1 Å². The van der Waals surface area contributed by atoms with E-state index >= 15 is 0 Å². The van der Waals surface area contributed by atoms with Crippen LogP contribution >= 0.6 is 23.2 Å². The molecule has 0 heterocycles. The molecule has 1 unspecified atom stereocenters. The van der Waals surface area contributed by atoms with Crippen molar-refractivity contribution in [3.8, 4) is 0 Å². The summed E-state index contributed by atoms with van der Waals surface area (Å²) in [5.41, 5.74) is 1.05. The Labute approximate surface area is 94.7 Å². The predicted molar refractivity (Wildman–Crippen MR) is 63.1 cm³/mol. The molecule has 0 aromatic heterocycles. The average molecular weight is 230 g/mol. The molecule has 0 aliphatic heterocycles. The summed E-state index contributed by atoms with van der Waals surface area (Å²) in [6.07, 6.45) is 2.71. The lowest BCUT2D eigenvalue weighted by Crippen LogP contribution is -2.15. The van der Waals surface area contributed by atoms with Gasteiger partial charge in [-0.05, 0) is 31.2 Å². The van der Waals surface area contributed by atoms with Gasteiger partial charge in [0.05, 0.1) is 0 Å². The Bertz CT molecular complexity index is 323. The van der Waals surface area contributed by atoms with Crippen LogP contribution < -0.4 is 5.32 Å². The highest BCUT2D eigenvalue weighted by Gasteiger charge is 2.10. The molecule has 1 aromatic carbocycles. The monoisotopic (exact) mass is 229 g/mol. The topological polar surface area (TPSA) is 12.0 Å². The minimum absolute atomic E-state index is 0.206. The van der Waals surface area contributed by atoms with Gasteiger partial charge in [-0.2, -0.15) is 0 Å². The van der Waals surface area contributed by atoms with E-state index in [1.165, 1.54) is 0 Å². The number of benzene rings is 1. The van der Waals surface area contributed by atoms with Gasteiger partial charge < -0.3 is 5.32 Å². The van der Waals surface area contributed by atoms with Crippen molar-refractivity contribution in [1.82, 2.24) is 5.32 Å². The fourth-order valence-corrected chi connectivity index (χ4v) is 1.89. The summed E-state index contributed by atoms with van der Waals surface area (Å²) < 4.78 is 0. The summed E-state index contributed by atoms with van der Waals surface area (Å²) in [6.45, 7) is 3.71. The third-order valence-electron chi connectivity index (χ3n) is 2.09. The Morgan fingerprint density at radius 3 is 2.71 bits per heavy atom. The van der Waals surface area contributed by atoms with Crippen molar-refractivity contribution in [3.63, 3.8) is 0 Å². The summed E-state index contributed by atoms with van der Waals surface area (Å²) in [6, 6.07) is 5.74. The van der Waals surface area contributed by atoms with Crippen LogP contribution in [-0.2, 0) is 0 Å². The van der Waals surface area contributed by atoms with Gasteiger partial charge in [0.2, 0.25) is 0 Å². The van der Waals surface area contributed by atoms with Gasteiger partial charge >= 0.3 is 0 Å². The number of rotatable bonds is 4. The zero-order valence-corrected chi connectivity index (χ0v) is 9.57. The maximum absolute atomic E-state index is 6.08. The van der Waals surface area contributed by atoms with Gasteiger partial charge in [-0.25, -0.2) is 0 Å². The first kappa shape index (κ1) is 11.6. The van der Waals surface area contributed by atoms with Crippen LogP contribution in [0.25, 0.3) is 0 Å². The molecule has 0 bridgehead atoms. The lowest BCUT2D eigenvalue weighted by Gasteiger charge is -2.16. The van der Waals surface area contributed by atoms with Crippen molar-refractivity contribution in [2.75, 3.05) is 7.05 Å². The summed E-state index contributed by atoms with van der Waals surface area (Å²) >= 11 is 11.9. The van der Waals surface area contributed by atoms with Crippen LogP contribution in [0.5, 0.6) is 0 Å². The van der Waals surface area contributed by atoms with Crippen molar-refractivity contribution in [2.45, 2.75) is 12.5 Å². The van der Waals surface area contributed by atoms with Gasteiger partial charge in [-0.1, -0.05) is 35.3 Å². The third-order valence-corrected chi connectivity index (χ3v) is 2.65. The number of hydrogen-bond acceptors (Lipinski definition) is 1. The Balaban J connectivity index is 2.97. The van der Waals surface area contributed by atoms with E-state index < -0.39 is 0 Å². The summed E-state index contributed by atoms with van der Waals surface area (Å²) in [7, 11) is 1.90. The first-order valence-electron chi connectivity index (χ1n) is 4.42. The molecule has 14 heavy (non-hydrogen) atoms. The maximum atomic E-state index is 6.08. The second-order valence-electron chi connectivity index (χ2n) is 3.03. The molecule has 3 heteroatoms. The Kier molecular flexibility index (Phi) is 4.46. The molecule has 0 aliphatic carbocycles. The van der Waals surface area contributed by atoms with E-state index in [2.05, 4.69) is 11.9 Å². The maximum Gasteiger partial charge on any atom is 0.0468 e. The van der Waals surface area contributed by atoms with E-state index in [9.17, 15) is 0 Å². The highest BCUT2D eigenvalue weighted by atomic mass is 35.5. The van der Waals surface area contributed by atoms with E-state index in [4.69, 9.17) is 23.2 Å². The van der Waals surface area contributed by atoms with Crippen molar-refractivity contribution in [1.29, 1.82) is 0 Å². The molecule has 1 N–H and O–H groups in total. The number of nitrogens with one attached hydrogen (secondary N) is 1. The molecule has 1 aromatic rings. The molecule has 0 fully saturated rings. The van der Waals surface area contributed by atoms with Crippen LogP contribution in [0.4, 0.5) is 0 Å². The zero-order valence-electron chi connectivity index (χ0n) is 8.06. The molecule has 0 amide bonds. The molecule has 0 saturated carbocycles. The number of hydrogen-bond donors (Lipinski definition) is 1. The van der Waals surface area contributed by atoms with E-state index in [1.54, 1.807) is 6.07 Å². The number of halogens is 2. The summed E-state index contributed by atoms with van der Waals surface area (Å²) in [4.78, 5) is 0. The van der Waals surface area contributed by atoms with Crippen molar-refractivity contribution >= 4 is 23.2 Å². The smallest absolute Gasteiger partial charge is 0.0468 e. The molecule has 1 atom stereocenters. The largest absolute Gasteiger partial charge is 0.313 e. The van der Waals surface area contributed by atoms with Crippen LogP contribution in [0.2, 0.25) is 10.0 Å². The normalized spacial score (nSPS) is 12.5. The van der Waals surface area contributed by atoms with E-state index in [1.807, 2.05) is 25.3 Å². The van der Waals surface area contributed by atoms with E-state index in [0.29, 0.717) is 10.0 Å². The molecule has 1 rings (SSSR count). The first-order valence-corrected chi connectivity index (χ1v) is 5.17. The lowest BCUT2D eigenvalue weighted by atomic mass is 10.0. The van der Waals surface area contributed by atoms with Crippen LogP contribution in [0, 0.1) is 0 Å². The minimum Gasteiger partial charge on any atom is -0.313 e. The Hall–Kier alpha value is -0.500. The summed E-state index contributed by atoms with van der Waals surface area (Å²) in [5.74, 6) is 0. The second-order valence-corrected chi connectivity index (χ2v) is 3.88. The standard InChI is InChI=1S/C11H13Cl2N/c1-3-4-11(14-2)9-6-5-8(12)7-10(9)13/h3,5-7,11,14H,1,4H2,2H3. The molecular formula is C11H13Cl2N. The first-order chi connectivity index (χ1) is 6.69. The SMILES string of the molecule is C=CCC(NC)c1ccc(Cl)cc1Cl. The van der Waals surface area contributed by atoms with Gasteiger partial charge in [0.1, 0.15) is 0 Å². The molecule has 1 nitrogen and oxygen atoms in total. The highest BCUT2D eigenvalue weighted by molar-refractivity contribution is 6.35. The molecule has 0 spiro atoms. The fourth-order valence-electron chi connectivity index (χ4n) is 1.35. The van der Waals surface area contributed by atoms with Gasteiger partial charge in [-0.15, -0.1) is 6.58 Å². The average Bonchev–Trinajstić information content (AvgIpc) is 2.15. The van der Waals surface area contributed by atoms with Crippen molar-refractivity contribution < 1.29 is 0 Å². The highest BCUT2D eigenvalue weighted by Crippen LogP contribution is 2.27. The second kappa shape index (κ2) is 5.40. The molecular weight excluding hydrogens is 217 g/mol.